The summed E-state index contributed by atoms with van der Waals surface area (Å²) in [4.78, 5) is 26.3. The molecule has 1 atom stereocenters. The van der Waals surface area contributed by atoms with E-state index in [0.717, 1.165) is 5.56 Å². The van der Waals surface area contributed by atoms with Gasteiger partial charge >= 0.3 is 5.63 Å². The van der Waals surface area contributed by atoms with Crippen LogP contribution in [-0.4, -0.2) is 37.6 Å². The zero-order valence-electron chi connectivity index (χ0n) is 22.4. The Kier molecular flexibility index (Phi) is 8.10. The van der Waals surface area contributed by atoms with Gasteiger partial charge in [-0.3, -0.25) is 4.79 Å². The molecule has 0 fully saturated rings. The van der Waals surface area contributed by atoms with E-state index in [-0.39, 0.29) is 36.0 Å². The summed E-state index contributed by atoms with van der Waals surface area (Å²) in [5, 5.41) is 14.5. The number of carbonyl (C=O) groups excluding carboxylic acids is 1. The topological polar surface area (TPSA) is 116 Å². The number of carbonyl (C=O) groups is 1. The van der Waals surface area contributed by atoms with Crippen molar-refractivity contribution in [3.8, 4) is 28.7 Å². The monoisotopic (exact) mass is 545 g/mol. The standard InChI is InChI=1S/C31H31NO8/c1-3-36-24-11-9-19(15-26(24)37-4-2)13-14-32-28(33)17-22(20-10-12-25-27(16-20)39-18-38-25)29-30(34)21-7-5-6-8-23(21)40-31(29)35/h5-12,15-16,22,34H,3-4,13-14,17-18H2,1-2H3,(H,32,33)/t22-/m0/s1. The maximum absolute atomic E-state index is 13.2. The summed E-state index contributed by atoms with van der Waals surface area (Å²) < 4.78 is 27.8. The van der Waals surface area contributed by atoms with Crippen molar-refractivity contribution in [3.05, 3.63) is 87.8 Å². The summed E-state index contributed by atoms with van der Waals surface area (Å²) in [6.45, 7) is 5.32. The summed E-state index contributed by atoms with van der Waals surface area (Å²) in [7, 11) is 0. The molecule has 0 bridgehead atoms. The molecule has 0 saturated heterocycles. The van der Waals surface area contributed by atoms with Crippen LogP contribution < -0.4 is 29.9 Å². The lowest BCUT2D eigenvalue weighted by Crippen LogP contribution is -2.28. The van der Waals surface area contributed by atoms with Crippen LogP contribution in [0.3, 0.4) is 0 Å². The smallest absolute Gasteiger partial charge is 0.343 e. The fraction of sp³-hybridized carbons (Fsp3) is 0.290. The molecule has 0 unspecified atom stereocenters. The van der Waals surface area contributed by atoms with Gasteiger partial charge in [-0.2, -0.15) is 0 Å². The highest BCUT2D eigenvalue weighted by atomic mass is 16.7. The molecular formula is C31H31NO8. The predicted molar refractivity (Wildman–Crippen MR) is 149 cm³/mol. The minimum atomic E-state index is -0.787. The second-order valence-corrected chi connectivity index (χ2v) is 9.26. The van der Waals surface area contributed by atoms with Crippen LogP contribution in [-0.2, 0) is 11.2 Å². The van der Waals surface area contributed by atoms with Gasteiger partial charge in [0.25, 0.3) is 0 Å². The van der Waals surface area contributed by atoms with Crippen LogP contribution in [0.25, 0.3) is 11.0 Å². The molecule has 0 aliphatic carbocycles. The first kappa shape index (κ1) is 26.9. The van der Waals surface area contributed by atoms with Gasteiger partial charge in [-0.25, -0.2) is 4.79 Å². The van der Waals surface area contributed by atoms with Crippen LogP contribution >= 0.6 is 0 Å². The van der Waals surface area contributed by atoms with Crippen molar-refractivity contribution < 1.29 is 33.3 Å². The van der Waals surface area contributed by atoms with Crippen molar-refractivity contribution in [2.75, 3.05) is 26.6 Å². The average Bonchev–Trinajstić information content (AvgIpc) is 3.42. The molecule has 1 aliphatic rings. The molecule has 2 heterocycles. The molecule has 1 aromatic heterocycles. The second kappa shape index (κ2) is 12.0. The number of benzene rings is 3. The van der Waals surface area contributed by atoms with Gasteiger partial charge in [-0.1, -0.05) is 24.3 Å². The van der Waals surface area contributed by atoms with Crippen LogP contribution in [0.15, 0.2) is 69.9 Å². The molecule has 3 aromatic carbocycles. The number of hydrogen-bond acceptors (Lipinski definition) is 8. The van der Waals surface area contributed by atoms with Gasteiger partial charge in [0.2, 0.25) is 12.7 Å². The fourth-order valence-electron chi connectivity index (χ4n) is 4.83. The average molecular weight is 546 g/mol. The van der Waals surface area contributed by atoms with Crippen molar-refractivity contribution in [2.24, 2.45) is 0 Å². The van der Waals surface area contributed by atoms with Crippen molar-refractivity contribution in [3.63, 3.8) is 0 Å². The molecule has 208 valence electrons. The van der Waals surface area contributed by atoms with E-state index in [2.05, 4.69) is 5.32 Å². The lowest BCUT2D eigenvalue weighted by molar-refractivity contribution is -0.121. The Morgan fingerprint density at radius 2 is 1.75 bits per heavy atom. The van der Waals surface area contributed by atoms with Crippen molar-refractivity contribution in [2.45, 2.75) is 32.6 Å². The predicted octanol–water partition coefficient (Wildman–Crippen LogP) is 4.91. The van der Waals surface area contributed by atoms with Crippen LogP contribution in [0.4, 0.5) is 0 Å². The van der Waals surface area contributed by atoms with E-state index in [4.69, 9.17) is 23.4 Å². The number of ether oxygens (including phenoxy) is 4. The normalized spacial score (nSPS) is 12.8. The number of rotatable bonds is 11. The summed E-state index contributed by atoms with van der Waals surface area (Å²) in [6, 6.07) is 17.7. The first-order valence-electron chi connectivity index (χ1n) is 13.3. The Hall–Kier alpha value is -4.66. The third kappa shape index (κ3) is 5.68. The lowest BCUT2D eigenvalue weighted by atomic mass is 9.87. The van der Waals surface area contributed by atoms with E-state index in [1.807, 2.05) is 32.0 Å². The highest BCUT2D eigenvalue weighted by Crippen LogP contribution is 2.40. The van der Waals surface area contributed by atoms with E-state index in [1.165, 1.54) is 0 Å². The van der Waals surface area contributed by atoms with E-state index in [1.54, 1.807) is 42.5 Å². The fourth-order valence-corrected chi connectivity index (χ4v) is 4.83. The Balaban J connectivity index is 1.37. The Morgan fingerprint density at radius 3 is 2.58 bits per heavy atom. The second-order valence-electron chi connectivity index (χ2n) is 9.26. The quantitative estimate of drug-likeness (QED) is 0.256. The molecule has 5 rings (SSSR count). The molecule has 0 saturated carbocycles. The number of hydrogen-bond donors (Lipinski definition) is 2. The van der Waals surface area contributed by atoms with Gasteiger partial charge in [0, 0.05) is 18.9 Å². The van der Waals surface area contributed by atoms with E-state index >= 15 is 0 Å². The van der Waals surface area contributed by atoms with E-state index in [0.29, 0.717) is 60.1 Å². The zero-order chi connectivity index (χ0) is 28.1. The molecule has 0 spiro atoms. The first-order valence-corrected chi connectivity index (χ1v) is 13.3. The highest BCUT2D eigenvalue weighted by Gasteiger charge is 2.28. The Labute approximate surface area is 231 Å². The lowest BCUT2D eigenvalue weighted by Gasteiger charge is -2.19. The number of para-hydroxylation sites is 1. The van der Waals surface area contributed by atoms with Crippen LogP contribution in [0, 0.1) is 0 Å². The Bertz CT molecular complexity index is 1580. The maximum atomic E-state index is 13.2. The first-order chi connectivity index (χ1) is 19.5. The third-order valence-corrected chi connectivity index (χ3v) is 6.70. The minimum Gasteiger partial charge on any atom is -0.507 e. The largest absolute Gasteiger partial charge is 0.507 e. The van der Waals surface area contributed by atoms with E-state index < -0.39 is 11.5 Å². The van der Waals surface area contributed by atoms with Crippen molar-refractivity contribution in [1.82, 2.24) is 5.32 Å². The van der Waals surface area contributed by atoms with Gasteiger partial charge in [0.1, 0.15) is 11.3 Å². The molecule has 2 N–H and O–H groups in total. The molecular weight excluding hydrogens is 514 g/mol. The van der Waals surface area contributed by atoms with Crippen LogP contribution in [0.5, 0.6) is 28.7 Å². The van der Waals surface area contributed by atoms with Crippen LogP contribution in [0.1, 0.15) is 42.9 Å². The molecule has 0 radical (unpaired) electrons. The van der Waals surface area contributed by atoms with Crippen molar-refractivity contribution in [1.29, 1.82) is 0 Å². The van der Waals surface area contributed by atoms with Gasteiger partial charge in [-0.05, 0) is 67.8 Å². The third-order valence-electron chi connectivity index (χ3n) is 6.70. The number of amides is 1. The summed E-state index contributed by atoms with van der Waals surface area (Å²) in [5.74, 6) is 1.14. The van der Waals surface area contributed by atoms with Crippen LogP contribution in [0.2, 0.25) is 0 Å². The zero-order valence-corrected chi connectivity index (χ0v) is 22.4. The molecule has 4 aromatic rings. The Morgan fingerprint density at radius 1 is 0.975 bits per heavy atom. The summed E-state index contributed by atoms with van der Waals surface area (Å²) >= 11 is 0. The number of nitrogens with one attached hydrogen (secondary N) is 1. The summed E-state index contributed by atoms with van der Waals surface area (Å²) in [5.41, 5.74) is 1.17. The maximum Gasteiger partial charge on any atom is 0.343 e. The highest BCUT2D eigenvalue weighted by molar-refractivity contribution is 5.85. The van der Waals surface area contributed by atoms with Gasteiger partial charge < -0.3 is 33.8 Å². The van der Waals surface area contributed by atoms with Crippen molar-refractivity contribution >= 4 is 16.9 Å². The molecule has 40 heavy (non-hydrogen) atoms. The SMILES string of the molecule is CCOc1ccc(CCNC(=O)C[C@@H](c2ccc3c(c2)OCO3)c2c(O)c3ccccc3oc2=O)cc1OCC. The van der Waals surface area contributed by atoms with E-state index in [9.17, 15) is 14.7 Å². The molecule has 1 amide bonds. The van der Waals surface area contributed by atoms with Gasteiger partial charge in [0.05, 0.1) is 24.2 Å². The number of fused-ring (bicyclic) bond motifs is 2. The molecule has 9 nitrogen and oxygen atoms in total. The van der Waals surface area contributed by atoms with Gasteiger partial charge in [-0.15, -0.1) is 0 Å². The molecule has 9 heteroatoms. The summed E-state index contributed by atoms with van der Waals surface area (Å²) in [6.07, 6.45) is 0.472. The van der Waals surface area contributed by atoms with Gasteiger partial charge in [0.15, 0.2) is 23.0 Å². The minimum absolute atomic E-state index is 0.0144. The number of aromatic hydroxyl groups is 1. The molecule has 1 aliphatic heterocycles.